The van der Waals surface area contributed by atoms with Crippen molar-refractivity contribution in [3.8, 4) is 10.6 Å². The minimum atomic E-state index is -2.55. The molecule has 1 aromatic carbocycles. The lowest BCUT2D eigenvalue weighted by molar-refractivity contribution is 0.0701. The van der Waals surface area contributed by atoms with Crippen LogP contribution in [0.1, 0.15) is 27.4 Å². The molecule has 0 amide bonds. The first-order chi connectivity index (χ1) is 8.49. The average molecular weight is 269 g/mol. The number of alkyl halides is 2. The zero-order valence-electron chi connectivity index (χ0n) is 9.35. The maximum Gasteiger partial charge on any atom is 0.347 e. The van der Waals surface area contributed by atoms with Crippen molar-refractivity contribution in [1.82, 2.24) is 4.98 Å². The number of carbonyl (C=O) groups is 1. The zero-order valence-corrected chi connectivity index (χ0v) is 10.2. The smallest absolute Gasteiger partial charge is 0.347 e. The highest BCUT2D eigenvalue weighted by atomic mass is 32.1. The predicted molar refractivity (Wildman–Crippen MR) is 64.2 cm³/mol. The van der Waals surface area contributed by atoms with Crippen molar-refractivity contribution in [3.05, 3.63) is 40.4 Å². The number of carboxylic acids is 1. The lowest BCUT2D eigenvalue weighted by atomic mass is 10.1. The number of aromatic nitrogens is 1. The highest BCUT2D eigenvalue weighted by Gasteiger charge is 2.16. The van der Waals surface area contributed by atoms with Crippen molar-refractivity contribution in [2.45, 2.75) is 13.3 Å². The second-order valence-corrected chi connectivity index (χ2v) is 4.66. The molecule has 2 aromatic rings. The van der Waals surface area contributed by atoms with Crippen LogP contribution in [0.3, 0.4) is 0 Å². The molecule has 6 heteroatoms. The summed E-state index contributed by atoms with van der Waals surface area (Å²) < 4.78 is 25.1. The number of hydrogen-bond acceptors (Lipinski definition) is 3. The second-order valence-electron chi connectivity index (χ2n) is 3.66. The van der Waals surface area contributed by atoms with Crippen LogP contribution in [0.5, 0.6) is 0 Å². The molecule has 1 heterocycles. The molecule has 0 saturated carbocycles. The molecule has 0 bridgehead atoms. The summed E-state index contributed by atoms with van der Waals surface area (Å²) in [5.41, 5.74) is 0.801. The Morgan fingerprint density at radius 3 is 2.72 bits per heavy atom. The molecule has 0 atom stereocenters. The van der Waals surface area contributed by atoms with Gasteiger partial charge in [0.15, 0.2) is 0 Å². The normalized spacial score (nSPS) is 10.9. The Hall–Kier alpha value is -1.82. The van der Waals surface area contributed by atoms with Crippen molar-refractivity contribution in [2.75, 3.05) is 0 Å². The van der Waals surface area contributed by atoms with Crippen molar-refractivity contribution in [3.63, 3.8) is 0 Å². The van der Waals surface area contributed by atoms with E-state index in [-0.39, 0.29) is 10.4 Å². The number of halogens is 2. The number of thiazole rings is 1. The molecule has 0 radical (unpaired) electrons. The number of aryl methyl sites for hydroxylation is 1. The SMILES string of the molecule is Cc1nc(-c2cccc(C(F)F)c2)sc1C(=O)O. The van der Waals surface area contributed by atoms with Gasteiger partial charge in [0.25, 0.3) is 6.43 Å². The molecule has 0 spiro atoms. The average Bonchev–Trinajstić information content (AvgIpc) is 2.71. The van der Waals surface area contributed by atoms with E-state index in [1.807, 2.05) is 0 Å². The zero-order chi connectivity index (χ0) is 13.3. The summed E-state index contributed by atoms with van der Waals surface area (Å²) >= 11 is 0.986. The highest BCUT2D eigenvalue weighted by molar-refractivity contribution is 7.17. The van der Waals surface area contributed by atoms with Gasteiger partial charge in [-0.3, -0.25) is 0 Å². The van der Waals surface area contributed by atoms with Crippen LogP contribution in [0, 0.1) is 6.92 Å². The van der Waals surface area contributed by atoms with Gasteiger partial charge in [-0.05, 0) is 13.0 Å². The largest absolute Gasteiger partial charge is 0.477 e. The van der Waals surface area contributed by atoms with Gasteiger partial charge in [-0.15, -0.1) is 11.3 Å². The third-order valence-electron chi connectivity index (χ3n) is 2.38. The molecular weight excluding hydrogens is 260 g/mol. The minimum absolute atomic E-state index is 0.0998. The van der Waals surface area contributed by atoms with E-state index < -0.39 is 12.4 Å². The summed E-state index contributed by atoms with van der Waals surface area (Å²) in [4.78, 5) is 15.1. The molecule has 94 valence electrons. The summed E-state index contributed by atoms with van der Waals surface area (Å²) in [5, 5.41) is 9.36. The first kappa shape index (κ1) is 12.6. The van der Waals surface area contributed by atoms with Crippen molar-refractivity contribution >= 4 is 17.3 Å². The molecule has 3 nitrogen and oxygen atoms in total. The Balaban J connectivity index is 2.45. The van der Waals surface area contributed by atoms with Crippen LogP contribution in [-0.2, 0) is 0 Å². The van der Waals surface area contributed by atoms with Crippen LogP contribution in [0.15, 0.2) is 24.3 Å². The van der Waals surface area contributed by atoms with Gasteiger partial charge in [0.05, 0.1) is 5.69 Å². The lowest BCUT2D eigenvalue weighted by Crippen LogP contribution is -1.94. The summed E-state index contributed by atoms with van der Waals surface area (Å²) in [6.45, 7) is 1.58. The van der Waals surface area contributed by atoms with Gasteiger partial charge in [0.2, 0.25) is 0 Å². The monoisotopic (exact) mass is 269 g/mol. The Morgan fingerprint density at radius 1 is 1.44 bits per heavy atom. The Bertz CT molecular complexity index is 596. The molecule has 1 N–H and O–H groups in total. The van der Waals surface area contributed by atoms with Gasteiger partial charge in [-0.1, -0.05) is 18.2 Å². The maximum atomic E-state index is 12.6. The topological polar surface area (TPSA) is 50.2 Å². The lowest BCUT2D eigenvalue weighted by Gasteiger charge is -2.01. The minimum Gasteiger partial charge on any atom is -0.477 e. The summed E-state index contributed by atoms with van der Waals surface area (Å²) in [5.74, 6) is -1.05. The first-order valence-corrected chi connectivity index (χ1v) is 5.90. The van der Waals surface area contributed by atoms with Crippen molar-refractivity contribution in [2.24, 2.45) is 0 Å². The molecule has 18 heavy (non-hydrogen) atoms. The summed E-state index contributed by atoms with van der Waals surface area (Å²) in [6.07, 6.45) is -2.55. The van der Waals surface area contributed by atoms with Crippen LogP contribution >= 0.6 is 11.3 Å². The standard InChI is InChI=1S/C12H9F2NO2S/c1-6-9(12(16)17)18-11(15-6)8-4-2-3-7(5-8)10(13)14/h2-5,10H,1H3,(H,16,17). The van der Waals surface area contributed by atoms with E-state index in [1.165, 1.54) is 18.2 Å². The molecule has 0 aliphatic carbocycles. The number of hydrogen-bond donors (Lipinski definition) is 1. The van der Waals surface area contributed by atoms with Crippen molar-refractivity contribution in [1.29, 1.82) is 0 Å². The van der Waals surface area contributed by atoms with Crippen LogP contribution in [-0.4, -0.2) is 16.1 Å². The quantitative estimate of drug-likeness (QED) is 0.923. The van der Waals surface area contributed by atoms with Gasteiger partial charge < -0.3 is 5.11 Å². The number of rotatable bonds is 3. The van der Waals surface area contributed by atoms with Gasteiger partial charge in [0.1, 0.15) is 9.88 Å². The Morgan fingerprint density at radius 2 is 2.17 bits per heavy atom. The van der Waals surface area contributed by atoms with E-state index in [0.717, 1.165) is 11.3 Å². The van der Waals surface area contributed by atoms with Gasteiger partial charge in [0, 0.05) is 11.1 Å². The predicted octanol–water partition coefficient (Wildman–Crippen LogP) is 3.75. The van der Waals surface area contributed by atoms with E-state index in [0.29, 0.717) is 16.3 Å². The molecule has 0 aliphatic rings. The van der Waals surface area contributed by atoms with E-state index in [2.05, 4.69) is 4.98 Å². The molecule has 0 saturated heterocycles. The Labute approximate surface area is 106 Å². The van der Waals surface area contributed by atoms with Crippen LogP contribution in [0.4, 0.5) is 8.78 Å². The first-order valence-electron chi connectivity index (χ1n) is 5.08. The summed E-state index contributed by atoms with van der Waals surface area (Å²) in [7, 11) is 0. The molecule has 0 fully saturated rings. The van der Waals surface area contributed by atoms with Gasteiger partial charge >= 0.3 is 5.97 Å². The van der Waals surface area contributed by atoms with E-state index in [9.17, 15) is 13.6 Å². The molecule has 1 aromatic heterocycles. The van der Waals surface area contributed by atoms with E-state index in [1.54, 1.807) is 13.0 Å². The second kappa shape index (κ2) is 4.81. The van der Waals surface area contributed by atoms with E-state index >= 15 is 0 Å². The maximum absolute atomic E-state index is 12.6. The summed E-state index contributed by atoms with van der Waals surface area (Å²) in [6, 6.07) is 5.80. The van der Waals surface area contributed by atoms with Crippen molar-refractivity contribution < 1.29 is 18.7 Å². The fourth-order valence-electron chi connectivity index (χ4n) is 1.53. The number of carboxylic acid groups (broad SMARTS) is 1. The molecule has 2 rings (SSSR count). The third-order valence-corrected chi connectivity index (χ3v) is 3.57. The fraction of sp³-hybridized carbons (Fsp3) is 0.167. The third kappa shape index (κ3) is 2.38. The number of nitrogens with zero attached hydrogens (tertiary/aromatic N) is 1. The fourth-order valence-corrected chi connectivity index (χ4v) is 2.43. The van der Waals surface area contributed by atoms with Crippen LogP contribution in [0.25, 0.3) is 10.6 Å². The van der Waals surface area contributed by atoms with E-state index in [4.69, 9.17) is 5.11 Å². The highest BCUT2D eigenvalue weighted by Crippen LogP contribution is 2.30. The Kier molecular flexibility index (Phi) is 3.38. The van der Waals surface area contributed by atoms with Crippen LogP contribution < -0.4 is 0 Å². The number of benzene rings is 1. The molecule has 0 unspecified atom stereocenters. The van der Waals surface area contributed by atoms with Gasteiger partial charge in [-0.25, -0.2) is 18.6 Å². The van der Waals surface area contributed by atoms with Crippen LogP contribution in [0.2, 0.25) is 0 Å². The molecule has 0 aliphatic heterocycles. The van der Waals surface area contributed by atoms with Gasteiger partial charge in [-0.2, -0.15) is 0 Å². The number of aromatic carboxylic acids is 1. The molecular formula is C12H9F2NO2S.